The molecule has 1 aromatic rings. The molecule has 1 aromatic carbocycles. The molecule has 1 N–H and O–H groups in total. The Kier molecular flexibility index (Phi) is 3.45. The summed E-state index contributed by atoms with van der Waals surface area (Å²) in [4.78, 5) is 22.0. The van der Waals surface area contributed by atoms with Gasteiger partial charge in [-0.15, -0.1) is 0 Å². The highest BCUT2D eigenvalue weighted by Gasteiger charge is 2.15. The number of benzene rings is 1. The van der Waals surface area contributed by atoms with Crippen LogP contribution in [0.3, 0.4) is 0 Å². The monoisotopic (exact) mass is 220 g/mol. The molecule has 0 aliphatic carbocycles. The van der Waals surface area contributed by atoms with Crippen LogP contribution in [0, 0.1) is 13.8 Å². The van der Waals surface area contributed by atoms with E-state index in [1.807, 2.05) is 0 Å². The number of aromatic carboxylic acids is 1. The molecule has 0 spiro atoms. The van der Waals surface area contributed by atoms with Gasteiger partial charge in [-0.25, -0.2) is 9.59 Å². The van der Waals surface area contributed by atoms with Gasteiger partial charge in [0.2, 0.25) is 0 Å². The predicted octanol–water partition coefficient (Wildman–Crippen LogP) is 2.09. The molecule has 0 radical (unpaired) electrons. The van der Waals surface area contributed by atoms with Crippen molar-refractivity contribution in [2.24, 2.45) is 0 Å². The molecule has 0 bridgehead atoms. The average molecular weight is 220 g/mol. The van der Waals surface area contributed by atoms with Crippen molar-refractivity contribution >= 4 is 11.9 Å². The van der Waals surface area contributed by atoms with E-state index in [0.717, 1.165) is 6.08 Å². The number of carbonyl (C=O) groups excluding carboxylic acids is 1. The lowest BCUT2D eigenvalue weighted by Crippen LogP contribution is -2.09. The van der Waals surface area contributed by atoms with Crippen molar-refractivity contribution in [3.8, 4) is 5.75 Å². The first-order valence-electron chi connectivity index (χ1n) is 4.65. The number of carboxylic acid groups (broad SMARTS) is 1. The first kappa shape index (κ1) is 12.0. The molecule has 84 valence electrons. The fourth-order valence-corrected chi connectivity index (χ4v) is 1.36. The molecule has 0 saturated carbocycles. The van der Waals surface area contributed by atoms with Gasteiger partial charge in [-0.2, -0.15) is 0 Å². The summed E-state index contributed by atoms with van der Waals surface area (Å²) in [6.07, 6.45) is 1.03. The zero-order valence-electron chi connectivity index (χ0n) is 9.11. The number of ether oxygens (including phenoxy) is 1. The van der Waals surface area contributed by atoms with Crippen molar-refractivity contribution in [1.82, 2.24) is 0 Å². The van der Waals surface area contributed by atoms with E-state index in [-0.39, 0.29) is 11.3 Å². The SMILES string of the molecule is C=CC(=O)Oc1c(C)ccc(C(=O)O)c1C. The molecule has 0 atom stereocenters. The van der Waals surface area contributed by atoms with E-state index in [0.29, 0.717) is 11.1 Å². The molecule has 16 heavy (non-hydrogen) atoms. The first-order chi connectivity index (χ1) is 7.47. The van der Waals surface area contributed by atoms with Gasteiger partial charge in [-0.3, -0.25) is 0 Å². The van der Waals surface area contributed by atoms with Crippen LogP contribution >= 0.6 is 0 Å². The van der Waals surface area contributed by atoms with Crippen LogP contribution in [0.15, 0.2) is 24.8 Å². The third-order valence-electron chi connectivity index (χ3n) is 2.20. The maximum atomic E-state index is 11.1. The number of hydrogen-bond donors (Lipinski definition) is 1. The lowest BCUT2D eigenvalue weighted by molar-refractivity contribution is -0.129. The quantitative estimate of drug-likeness (QED) is 0.481. The summed E-state index contributed by atoms with van der Waals surface area (Å²) >= 11 is 0. The minimum Gasteiger partial charge on any atom is -0.478 e. The van der Waals surface area contributed by atoms with Gasteiger partial charge in [0.1, 0.15) is 5.75 Å². The normalized spacial score (nSPS) is 9.62. The third-order valence-corrected chi connectivity index (χ3v) is 2.20. The third kappa shape index (κ3) is 2.28. The van der Waals surface area contributed by atoms with Gasteiger partial charge in [-0.05, 0) is 25.5 Å². The Balaban J connectivity index is 3.26. The van der Waals surface area contributed by atoms with Crippen molar-refractivity contribution < 1.29 is 19.4 Å². The van der Waals surface area contributed by atoms with Crippen molar-refractivity contribution in [3.05, 3.63) is 41.5 Å². The summed E-state index contributed by atoms with van der Waals surface area (Å²) in [6, 6.07) is 3.08. The second-order valence-corrected chi connectivity index (χ2v) is 3.31. The topological polar surface area (TPSA) is 63.6 Å². The maximum absolute atomic E-state index is 11.1. The molecule has 0 saturated heterocycles. The van der Waals surface area contributed by atoms with Gasteiger partial charge in [-0.1, -0.05) is 12.6 Å². The number of carboxylic acids is 1. The lowest BCUT2D eigenvalue weighted by Gasteiger charge is -2.11. The Morgan fingerprint density at radius 3 is 2.50 bits per heavy atom. The van der Waals surface area contributed by atoms with E-state index in [1.165, 1.54) is 6.07 Å². The number of esters is 1. The van der Waals surface area contributed by atoms with E-state index in [2.05, 4.69) is 6.58 Å². The van der Waals surface area contributed by atoms with Gasteiger partial charge in [0.15, 0.2) is 0 Å². The highest BCUT2D eigenvalue weighted by Crippen LogP contribution is 2.26. The molecular weight excluding hydrogens is 208 g/mol. The highest BCUT2D eigenvalue weighted by atomic mass is 16.5. The summed E-state index contributed by atoms with van der Waals surface area (Å²) in [5.74, 6) is -1.37. The van der Waals surface area contributed by atoms with Crippen LogP contribution in [-0.4, -0.2) is 17.0 Å². The average Bonchev–Trinajstić information content (AvgIpc) is 2.23. The summed E-state index contributed by atoms with van der Waals surface area (Å²) in [7, 11) is 0. The largest absolute Gasteiger partial charge is 0.478 e. The highest BCUT2D eigenvalue weighted by molar-refractivity contribution is 5.91. The van der Waals surface area contributed by atoms with Gasteiger partial charge < -0.3 is 9.84 Å². The van der Waals surface area contributed by atoms with Crippen LogP contribution in [0.25, 0.3) is 0 Å². The second-order valence-electron chi connectivity index (χ2n) is 3.31. The molecular formula is C12H12O4. The van der Waals surface area contributed by atoms with Crippen molar-refractivity contribution in [3.63, 3.8) is 0 Å². The fourth-order valence-electron chi connectivity index (χ4n) is 1.36. The van der Waals surface area contributed by atoms with Crippen LogP contribution in [-0.2, 0) is 4.79 Å². The molecule has 0 unspecified atom stereocenters. The van der Waals surface area contributed by atoms with Crippen LogP contribution < -0.4 is 4.74 Å². The van der Waals surface area contributed by atoms with E-state index in [9.17, 15) is 9.59 Å². The lowest BCUT2D eigenvalue weighted by atomic mass is 10.0. The number of aryl methyl sites for hydroxylation is 1. The Hall–Kier alpha value is -2.10. The van der Waals surface area contributed by atoms with E-state index in [4.69, 9.17) is 9.84 Å². The molecule has 0 amide bonds. The molecule has 0 heterocycles. The van der Waals surface area contributed by atoms with Gasteiger partial charge in [0.25, 0.3) is 0 Å². The zero-order chi connectivity index (χ0) is 12.3. The molecule has 0 aromatic heterocycles. The predicted molar refractivity (Wildman–Crippen MR) is 58.7 cm³/mol. The fraction of sp³-hybridized carbons (Fsp3) is 0.167. The standard InChI is InChI=1S/C12H12O4/c1-4-10(13)16-11-7(2)5-6-9(8(11)3)12(14)15/h4-6H,1H2,2-3H3,(H,14,15). The summed E-state index contributed by atoms with van der Waals surface area (Å²) < 4.78 is 5.00. The van der Waals surface area contributed by atoms with E-state index in [1.54, 1.807) is 19.9 Å². The molecule has 4 heteroatoms. The number of hydrogen-bond acceptors (Lipinski definition) is 3. The Labute approximate surface area is 93.2 Å². The molecule has 1 rings (SSSR count). The molecule has 0 aliphatic heterocycles. The van der Waals surface area contributed by atoms with Gasteiger partial charge in [0.05, 0.1) is 5.56 Å². The van der Waals surface area contributed by atoms with Crippen molar-refractivity contribution in [2.75, 3.05) is 0 Å². The summed E-state index contributed by atoms with van der Waals surface area (Å²) in [5, 5.41) is 8.91. The van der Waals surface area contributed by atoms with Crippen molar-refractivity contribution in [2.45, 2.75) is 13.8 Å². The zero-order valence-corrected chi connectivity index (χ0v) is 9.11. The van der Waals surface area contributed by atoms with Crippen molar-refractivity contribution in [1.29, 1.82) is 0 Å². The van der Waals surface area contributed by atoms with Crippen LogP contribution in [0.1, 0.15) is 21.5 Å². The summed E-state index contributed by atoms with van der Waals surface area (Å²) in [6.45, 7) is 6.62. The van der Waals surface area contributed by atoms with Gasteiger partial charge in [0, 0.05) is 11.6 Å². The Morgan fingerprint density at radius 2 is 2.00 bits per heavy atom. The molecule has 4 nitrogen and oxygen atoms in total. The van der Waals surface area contributed by atoms with E-state index < -0.39 is 11.9 Å². The Morgan fingerprint density at radius 1 is 1.38 bits per heavy atom. The van der Waals surface area contributed by atoms with Gasteiger partial charge >= 0.3 is 11.9 Å². The second kappa shape index (κ2) is 4.61. The maximum Gasteiger partial charge on any atom is 0.336 e. The van der Waals surface area contributed by atoms with Crippen LogP contribution in [0.5, 0.6) is 5.75 Å². The minimum atomic E-state index is -1.05. The first-order valence-corrected chi connectivity index (χ1v) is 4.65. The molecule has 0 fully saturated rings. The minimum absolute atomic E-state index is 0.123. The van der Waals surface area contributed by atoms with Crippen LogP contribution in [0.2, 0.25) is 0 Å². The Bertz CT molecular complexity index is 460. The number of rotatable bonds is 3. The number of carbonyl (C=O) groups is 2. The van der Waals surface area contributed by atoms with Crippen LogP contribution in [0.4, 0.5) is 0 Å². The molecule has 0 aliphatic rings. The summed E-state index contributed by atoms with van der Waals surface area (Å²) in [5.41, 5.74) is 1.26. The smallest absolute Gasteiger partial charge is 0.336 e. The van der Waals surface area contributed by atoms with E-state index >= 15 is 0 Å².